The monoisotopic (exact) mass is 574 g/mol. The van der Waals surface area contributed by atoms with Crippen LogP contribution in [0.4, 0.5) is 11.4 Å². The van der Waals surface area contributed by atoms with Crippen LogP contribution in [-0.2, 0) is 20.9 Å². The normalized spacial score (nSPS) is 14.7. The molecule has 1 aliphatic rings. The average molecular weight is 575 g/mol. The molecule has 0 spiro atoms. The molecule has 0 saturated carbocycles. The molecular formula is C29H23ClN4O5S. The van der Waals surface area contributed by atoms with Crippen molar-refractivity contribution in [3.05, 3.63) is 127 Å². The Bertz CT molecular complexity index is 1530. The van der Waals surface area contributed by atoms with Crippen molar-refractivity contribution in [2.45, 2.75) is 19.4 Å². The number of halogens is 1. The summed E-state index contributed by atoms with van der Waals surface area (Å²) in [5, 5.41) is 27.8. The molecule has 0 bridgehead atoms. The number of carbonyl (C=O) groups excluding carboxylic acids is 2. The minimum Gasteiger partial charge on any atom is -0.457 e. The van der Waals surface area contributed by atoms with E-state index in [-0.39, 0.29) is 35.1 Å². The van der Waals surface area contributed by atoms with E-state index < -0.39 is 16.8 Å². The van der Waals surface area contributed by atoms with Crippen LogP contribution in [0.5, 0.6) is 0 Å². The summed E-state index contributed by atoms with van der Waals surface area (Å²) < 4.78 is 5.62. The van der Waals surface area contributed by atoms with Gasteiger partial charge in [-0.1, -0.05) is 65.8 Å². The Labute approximate surface area is 239 Å². The van der Waals surface area contributed by atoms with Crippen LogP contribution in [0.1, 0.15) is 24.0 Å². The second kappa shape index (κ2) is 13.0. The van der Waals surface area contributed by atoms with Crippen LogP contribution in [0.25, 0.3) is 0 Å². The minimum atomic E-state index is -0.743. The Hall–Kier alpha value is -4.59. The molecule has 4 rings (SSSR count). The topological polar surface area (TPSA) is 134 Å². The smallest absolute Gasteiger partial charge is 0.337 e. The molecule has 9 nitrogen and oxygen atoms in total. The van der Waals surface area contributed by atoms with Gasteiger partial charge < -0.3 is 15.4 Å². The lowest BCUT2D eigenvalue weighted by atomic mass is 9.82. The lowest BCUT2D eigenvalue weighted by Crippen LogP contribution is -2.29. The van der Waals surface area contributed by atoms with E-state index in [0.29, 0.717) is 27.0 Å². The quantitative estimate of drug-likeness (QED) is 0.179. The van der Waals surface area contributed by atoms with Crippen molar-refractivity contribution >= 4 is 46.6 Å². The molecule has 40 heavy (non-hydrogen) atoms. The van der Waals surface area contributed by atoms with Crippen molar-refractivity contribution in [3.8, 4) is 6.07 Å². The van der Waals surface area contributed by atoms with E-state index in [2.05, 4.69) is 16.7 Å². The van der Waals surface area contributed by atoms with Gasteiger partial charge in [0, 0.05) is 28.5 Å². The summed E-state index contributed by atoms with van der Waals surface area (Å²) in [4.78, 5) is 36.3. The van der Waals surface area contributed by atoms with Gasteiger partial charge >= 0.3 is 5.97 Å². The minimum absolute atomic E-state index is 0.0566. The summed E-state index contributed by atoms with van der Waals surface area (Å²) in [7, 11) is 0. The van der Waals surface area contributed by atoms with E-state index in [9.17, 15) is 25.0 Å². The Morgan fingerprint density at radius 3 is 2.40 bits per heavy atom. The fourth-order valence-electron chi connectivity index (χ4n) is 4.09. The maximum Gasteiger partial charge on any atom is 0.337 e. The molecule has 1 heterocycles. The number of non-ortho nitro benzene ring substituents is 1. The van der Waals surface area contributed by atoms with Gasteiger partial charge in [0.2, 0.25) is 5.91 Å². The molecule has 3 aromatic rings. The number of nitro benzene ring substituents is 1. The predicted molar refractivity (Wildman–Crippen MR) is 153 cm³/mol. The van der Waals surface area contributed by atoms with Crippen molar-refractivity contribution in [1.82, 2.24) is 5.32 Å². The van der Waals surface area contributed by atoms with Crippen LogP contribution in [0.3, 0.4) is 0 Å². The highest BCUT2D eigenvalue weighted by molar-refractivity contribution is 8.03. The van der Waals surface area contributed by atoms with Crippen LogP contribution in [0.15, 0.2) is 101 Å². The molecule has 11 heteroatoms. The van der Waals surface area contributed by atoms with Gasteiger partial charge in [-0.15, -0.1) is 0 Å². The number of nitriles is 1. The number of amides is 1. The Kier molecular flexibility index (Phi) is 9.22. The fourth-order valence-corrected chi connectivity index (χ4v) is 5.11. The number of hydrogen-bond donors (Lipinski definition) is 2. The number of carbonyl (C=O) groups is 2. The highest BCUT2D eigenvalue weighted by Gasteiger charge is 2.35. The van der Waals surface area contributed by atoms with Gasteiger partial charge in [0.05, 0.1) is 38.8 Å². The van der Waals surface area contributed by atoms with Gasteiger partial charge in [0.25, 0.3) is 5.69 Å². The summed E-state index contributed by atoms with van der Waals surface area (Å²) >= 11 is 7.20. The third-order valence-electron chi connectivity index (χ3n) is 5.99. The number of thioether (sulfide) groups is 1. The molecule has 0 fully saturated rings. The fraction of sp³-hybridized carbons (Fsp3) is 0.138. The molecule has 1 atom stereocenters. The van der Waals surface area contributed by atoms with Gasteiger partial charge in [0.15, 0.2) is 0 Å². The predicted octanol–water partition coefficient (Wildman–Crippen LogP) is 6.06. The molecule has 0 radical (unpaired) electrons. The van der Waals surface area contributed by atoms with Crippen molar-refractivity contribution in [2.75, 3.05) is 11.1 Å². The second-order valence-corrected chi connectivity index (χ2v) is 10.1. The molecule has 1 aliphatic heterocycles. The number of anilines is 1. The molecule has 0 saturated heterocycles. The first kappa shape index (κ1) is 28.4. The van der Waals surface area contributed by atoms with Crippen LogP contribution in [0.2, 0.25) is 5.02 Å². The van der Waals surface area contributed by atoms with Crippen LogP contribution < -0.4 is 10.6 Å². The summed E-state index contributed by atoms with van der Waals surface area (Å²) in [6.45, 7) is 1.79. The zero-order chi connectivity index (χ0) is 28.6. The van der Waals surface area contributed by atoms with E-state index >= 15 is 0 Å². The molecule has 1 unspecified atom stereocenters. The molecule has 0 aliphatic carbocycles. The summed E-state index contributed by atoms with van der Waals surface area (Å²) in [6.07, 6.45) is 0. The molecule has 202 valence electrons. The highest BCUT2D eigenvalue weighted by Crippen LogP contribution is 2.41. The van der Waals surface area contributed by atoms with E-state index in [4.69, 9.17) is 16.3 Å². The van der Waals surface area contributed by atoms with Crippen LogP contribution >= 0.6 is 23.4 Å². The first-order valence-electron chi connectivity index (χ1n) is 12.0. The van der Waals surface area contributed by atoms with Gasteiger partial charge in [-0.25, -0.2) is 4.79 Å². The number of rotatable bonds is 9. The van der Waals surface area contributed by atoms with E-state index in [1.54, 1.807) is 31.2 Å². The standard InChI is InChI=1S/C29H23ClN4O5S/c1-18-26(29(36)39-16-19-5-3-2-4-6-19)27(20-7-9-21(30)10-8-20)24(15-31)28(32-18)40-17-25(35)33-22-11-13-23(14-12-22)34(37)38/h2-14,27,32H,16-17H2,1H3,(H,33,35). The summed E-state index contributed by atoms with van der Waals surface area (Å²) in [5.41, 5.74) is 2.85. The molecule has 2 N–H and O–H groups in total. The SMILES string of the molecule is CC1=C(C(=O)OCc2ccccc2)C(c2ccc(Cl)cc2)C(C#N)=C(SCC(=O)Nc2ccc([N+](=O)[O-])cc2)N1. The van der Waals surface area contributed by atoms with E-state index in [0.717, 1.165) is 17.3 Å². The number of dihydropyridines is 1. The number of esters is 1. The van der Waals surface area contributed by atoms with Gasteiger partial charge in [-0.3, -0.25) is 14.9 Å². The van der Waals surface area contributed by atoms with Gasteiger partial charge in [-0.2, -0.15) is 5.26 Å². The Morgan fingerprint density at radius 2 is 1.77 bits per heavy atom. The molecular weight excluding hydrogens is 552 g/mol. The largest absolute Gasteiger partial charge is 0.457 e. The van der Waals surface area contributed by atoms with Crippen molar-refractivity contribution in [3.63, 3.8) is 0 Å². The number of ether oxygens (including phenoxy) is 1. The number of hydrogen-bond acceptors (Lipinski definition) is 8. The van der Waals surface area contributed by atoms with Crippen molar-refractivity contribution in [1.29, 1.82) is 5.26 Å². The summed E-state index contributed by atoms with van der Waals surface area (Å²) in [6, 6.07) is 23.8. The lowest BCUT2D eigenvalue weighted by molar-refractivity contribution is -0.384. The molecule has 3 aromatic carbocycles. The number of benzene rings is 3. The third-order valence-corrected chi connectivity index (χ3v) is 7.26. The summed E-state index contributed by atoms with van der Waals surface area (Å²) in [5.74, 6) is -1.74. The molecule has 1 amide bonds. The second-order valence-electron chi connectivity index (χ2n) is 8.71. The highest BCUT2D eigenvalue weighted by atomic mass is 35.5. The number of nitro groups is 1. The zero-order valence-electron chi connectivity index (χ0n) is 21.2. The van der Waals surface area contributed by atoms with Crippen molar-refractivity contribution in [2.24, 2.45) is 0 Å². The first-order chi connectivity index (χ1) is 19.3. The maximum atomic E-state index is 13.3. The Morgan fingerprint density at radius 1 is 1.10 bits per heavy atom. The third kappa shape index (κ3) is 6.88. The van der Waals surface area contributed by atoms with E-state index in [1.807, 2.05) is 30.3 Å². The van der Waals surface area contributed by atoms with Gasteiger partial charge in [-0.05, 0) is 42.3 Å². The number of nitrogens with one attached hydrogen (secondary N) is 2. The number of allylic oxidation sites excluding steroid dienone is 2. The number of nitrogens with zero attached hydrogens (tertiary/aromatic N) is 2. The van der Waals surface area contributed by atoms with Crippen LogP contribution in [0, 0.1) is 21.4 Å². The van der Waals surface area contributed by atoms with Gasteiger partial charge in [0.1, 0.15) is 6.61 Å². The first-order valence-corrected chi connectivity index (χ1v) is 13.4. The zero-order valence-corrected chi connectivity index (χ0v) is 22.8. The molecule has 0 aromatic heterocycles. The lowest BCUT2D eigenvalue weighted by Gasteiger charge is -2.29. The van der Waals surface area contributed by atoms with Crippen molar-refractivity contribution < 1.29 is 19.2 Å². The Balaban J connectivity index is 1.56. The van der Waals surface area contributed by atoms with E-state index in [1.165, 1.54) is 24.3 Å². The maximum absolute atomic E-state index is 13.3. The average Bonchev–Trinajstić information content (AvgIpc) is 2.95. The van der Waals surface area contributed by atoms with Crippen LogP contribution in [-0.4, -0.2) is 22.6 Å².